The van der Waals surface area contributed by atoms with E-state index in [-0.39, 0.29) is 177 Å². The number of carbonyl (C=O) groups is 8. The molecule has 3 aromatic heterocycles. The number of ketones is 1. The number of rotatable bonds is 23. The standard InChI is InChI=1S/C15H17N5O2.C11H18O4.C8H15NO2.C8H11N.C6H10O3.C6H10O2.C6H10O.C4H8Br2.C4H9O.C4H10O.C2H2NO2P.C2H7NO.C2H5O.CH4.BH.K.Na.U/c1-15(2,3)14(21)22-9-20-5-4-11-12(10-6-18-19-7-10)16-8-17-13(11)20;1-3-14-9(12)11(7-5-6-8-11)10(13)15-4-2;1-9(11-2)8(10)7-5-3-4-6-7;9-7-3-6-8-4-1-2-5-8;1-3-9-6(8)4-5(2)7;7-6(8)5-3-1-2-4-5;7-5-6-3-1-2-4-6;5-3-1-2-4-6;1-4(2,3)5;1-3-5-4-2;3-1-2-5-6-4;1-3-4-2;1-2-3;;;;;/h4-8H,9H2,1-3H3,(H,18,19);3-8H2,1-2H3;7H,3-6H2,1-2H3;3,6,8H,1-2,4-5H2;3-4H2,1-2H3;5H,1-4H2,(H,7,8);5-6H,1-4H2;1-4H2;1-3H3;3-4H2,1-2H3;2H2;3H,1-2H3;2H2,1H3;1H4;1H;;;/q;;;;;;;;-1;;;;-1;;;2*+1;/i;5D2,6D2,7D2,8D2;3D2,4D2,5D2,6D2,7D;1D2,2D2,4D2,5D2,8D;;1D2,2D2,3D2,4D2,5D;1D2,2D2,3D2,4D2,6D;1D2,2D2,3D2,4D2;;;;;;;1D;;;. The van der Waals surface area contributed by atoms with Gasteiger partial charge in [-0.25, -0.2) is 25.1 Å². The molecule has 0 spiro atoms. The van der Waals surface area contributed by atoms with Gasteiger partial charge in [-0.05, 0) is 152 Å². The van der Waals surface area contributed by atoms with Crippen LogP contribution in [-0.2, 0) is 87.5 Å². The third kappa shape index (κ3) is 74.8. The first kappa shape index (κ1) is 57.6. The van der Waals surface area contributed by atoms with Crippen LogP contribution >= 0.6 is 40.5 Å². The molecule has 0 bridgehead atoms. The molecular formula is C79H137BBr2KN9NaO20PU. The van der Waals surface area contributed by atoms with Crippen molar-refractivity contribution in [3.63, 3.8) is 0 Å². The normalized spacial score (nSPS) is 30.9. The Labute approximate surface area is 871 Å². The minimum atomic E-state index is -3.56. The molecule has 3 heterocycles. The van der Waals surface area contributed by atoms with Crippen molar-refractivity contribution < 1.29 is 279 Å². The van der Waals surface area contributed by atoms with E-state index < -0.39 is 229 Å². The molecule has 0 saturated heterocycles. The molecule has 2 radical (unpaired) electrons. The molecule has 0 unspecified atom stereocenters. The second kappa shape index (κ2) is 89.0. The van der Waals surface area contributed by atoms with Gasteiger partial charge in [0.1, 0.15) is 37.1 Å². The van der Waals surface area contributed by atoms with Gasteiger partial charge in [0.25, 0.3) is 0 Å². The summed E-state index contributed by atoms with van der Waals surface area (Å²) in [6.07, 6.45) is -65.7. The molecule has 29 nitrogen and oxygen atoms in total. The zero-order valence-corrected chi connectivity index (χ0v) is 80.0. The Morgan fingerprint density at radius 2 is 1.27 bits per heavy atom. The quantitative estimate of drug-likeness (QED) is 0.00767. The molecule has 0 atom stereocenters. The van der Waals surface area contributed by atoms with Gasteiger partial charge in [0.15, 0.2) is 12.1 Å². The van der Waals surface area contributed by atoms with Crippen LogP contribution in [0.3, 0.4) is 0 Å². The predicted octanol–water partition coefficient (Wildman–Crippen LogP) is 8.27. The second-order valence-electron chi connectivity index (χ2n) is 20.4. The average Bonchev–Trinajstić information content (AvgIpc) is 1.48. The third-order valence-corrected chi connectivity index (χ3v) is 10.5. The number of allylic oxidation sites excluding steroid dienone is 2. The van der Waals surface area contributed by atoms with Gasteiger partial charge in [-0.1, -0.05) is 137 Å². The van der Waals surface area contributed by atoms with Crippen molar-refractivity contribution in [2.45, 2.75) is 256 Å². The molecule has 5 aliphatic carbocycles. The number of nitrogens with zero attached hydrogens (tertiary/aromatic N) is 7. The number of ether oxygens (including phenoxy) is 5. The number of hydrogen-bond acceptors (Lipinski definition) is 25. The first-order chi connectivity index (χ1) is 72.7. The SMILES string of the molecule is C.CC(C)(C)C(=O)OCn1ccc2c(-c3cn[nH]c3)ncnc21.CC(C)(C)[O-].CCOC(=O)CC(C)=O.CCOCC.CC[O-].CNOC.N#CCOP=O.[2H]C([2H])(Br)C([2H])([2H])C([2H])([2H])C([2H])([2H])Br.[2H]C1([2H])C([2H])([2H])C([2H])([2H])C(C(=O)OCC)(C(=O)OCC)C1([2H])[2H].[2H]C1([2H])C([2H])([2H])C([2H])([2H])C([2H])(C(=O)N(C)OC)C1([2H])[2H].[2H]C1([2H])C([2H])([2H])C([2H])([2H])C([2H])(C(=O)O)C1([2H])[2H].[2H]C1([2H])C([2H])([2H])C([2H])([2H])C([2H])(C=CC#N)C1([2H])[2H].[2H]C1([2H])C([2H])([2H])C([2H])([2H])C([2H])(C=O)C1([2H])[2H].[2H][B].[K+].[Na+].[U]. The van der Waals surface area contributed by atoms with Crippen LogP contribution in [0.5, 0.6) is 0 Å². The molecule has 3 N–H and O–H groups in total. The van der Waals surface area contributed by atoms with Crippen LogP contribution in [-0.4, -0.2) is 183 Å². The van der Waals surface area contributed by atoms with Crippen molar-refractivity contribution in [2.75, 3.05) is 85.1 Å². The molecule has 1 amide bonds. The number of carboxylic acid groups (broad SMARTS) is 1. The summed E-state index contributed by atoms with van der Waals surface area (Å²) in [5, 5.41) is 46.6. The maximum atomic E-state index is 12.4. The molecular weight excluding hydrogens is 1900 g/mol. The fourth-order valence-corrected chi connectivity index (χ4v) is 5.75. The molecule has 5 fully saturated rings. The van der Waals surface area contributed by atoms with Crippen molar-refractivity contribution in [2.24, 2.45) is 34.4 Å². The van der Waals surface area contributed by atoms with Crippen molar-refractivity contribution in [1.82, 2.24) is 35.3 Å². The van der Waals surface area contributed by atoms with Crippen LogP contribution in [0.1, 0.15) is 315 Å². The van der Waals surface area contributed by atoms with E-state index in [1.165, 1.54) is 33.2 Å². The number of amides is 1. The second-order valence-corrected chi connectivity index (χ2v) is 21.6. The van der Waals surface area contributed by atoms with E-state index in [0.717, 1.165) is 44.0 Å². The monoisotopic (exact) mass is 2090 g/mol. The Morgan fingerprint density at radius 1 is 0.817 bits per heavy atom. The molecule has 36 heteroatoms. The van der Waals surface area contributed by atoms with Gasteiger partial charge in [0.05, 0.1) is 69.4 Å². The average molecular weight is 2090 g/mol. The number of alkyl halides is 2. The Bertz CT molecular complexity index is 5360. The molecule has 8 rings (SSSR count). The van der Waals surface area contributed by atoms with E-state index >= 15 is 0 Å². The number of esters is 4. The van der Waals surface area contributed by atoms with Gasteiger partial charge in [-0.3, -0.25) is 52.6 Å². The number of hydrogen-bond donors (Lipinski definition) is 3. The topological polar surface area (TPSA) is 416 Å². The van der Waals surface area contributed by atoms with Crippen LogP contribution in [0, 0.1) is 88.2 Å². The van der Waals surface area contributed by atoms with E-state index in [0.29, 0.717) is 29.5 Å². The smallest absolute Gasteiger partial charge is 0.855 e. The third-order valence-electron chi connectivity index (χ3n) is 9.87. The first-order valence-electron chi connectivity index (χ1n) is 58.1. The Balaban J connectivity index is -0.000000207. The van der Waals surface area contributed by atoms with Crippen LogP contribution in [0.2, 0.25) is 0 Å². The maximum Gasteiger partial charge on any atom is 1.00 e. The summed E-state index contributed by atoms with van der Waals surface area (Å²) in [5.41, 5.74) is 0.114. The number of aldehydes is 1. The largest absolute Gasteiger partial charge is 1.00 e. The molecule has 3 aromatic rings. The predicted molar refractivity (Wildman–Crippen MR) is 441 cm³/mol. The van der Waals surface area contributed by atoms with E-state index in [4.69, 9.17) is 103 Å². The van der Waals surface area contributed by atoms with E-state index in [2.05, 4.69) is 94.3 Å². The number of nitrogens with one attached hydrogen (secondary N) is 2. The summed E-state index contributed by atoms with van der Waals surface area (Å²) in [4.78, 5) is 108. The van der Waals surface area contributed by atoms with Gasteiger partial charge in [-0.2, -0.15) is 15.6 Å². The summed E-state index contributed by atoms with van der Waals surface area (Å²) >= 11 is 4.72. The van der Waals surface area contributed by atoms with Crippen LogP contribution in [0.15, 0.2) is 43.1 Å². The minimum absolute atomic E-state index is 0. The summed E-state index contributed by atoms with van der Waals surface area (Å²) in [6, 6.07) is 5.02. The number of fused-ring (bicyclic) bond motifs is 1. The Morgan fingerprint density at radius 3 is 1.59 bits per heavy atom. The van der Waals surface area contributed by atoms with Crippen molar-refractivity contribution in [1.29, 1.82) is 11.9 Å². The number of aromatic amines is 1. The summed E-state index contributed by atoms with van der Waals surface area (Å²) < 4.78 is 433. The number of nitriles is 2. The van der Waals surface area contributed by atoms with Gasteiger partial charge >= 0.3 is 119 Å². The zero-order chi connectivity index (χ0) is 133. The fourth-order valence-electron chi connectivity index (χ4n) is 5.44. The van der Waals surface area contributed by atoms with Crippen LogP contribution < -0.4 is 96.6 Å². The minimum Gasteiger partial charge on any atom is -0.855 e. The number of aliphatic carboxylic acids is 1. The Kier molecular flexibility index (Phi) is 44.6. The van der Waals surface area contributed by atoms with E-state index in [9.17, 15) is 48.0 Å². The molecule has 646 valence electrons. The first-order valence-corrected chi connectivity index (χ1v) is 33.8. The van der Waals surface area contributed by atoms with E-state index in [1.807, 2.05) is 46.9 Å². The maximum absolute atomic E-state index is 12.4. The van der Waals surface area contributed by atoms with Crippen molar-refractivity contribution in [3.8, 4) is 23.4 Å². The van der Waals surface area contributed by atoms with Crippen molar-refractivity contribution >= 4 is 108 Å². The number of Topliss-reactive ketones (excluding diaryl/α,β-unsaturated/α-hetero) is 1. The summed E-state index contributed by atoms with van der Waals surface area (Å²) in [6.45, 7) is 23.0. The van der Waals surface area contributed by atoms with E-state index in [1.54, 1.807) is 71.8 Å². The van der Waals surface area contributed by atoms with Crippen molar-refractivity contribution in [3.05, 3.63) is 43.1 Å². The summed E-state index contributed by atoms with van der Waals surface area (Å²) in [7, 11) is 8.64. The molecule has 0 aliphatic heterocycles. The fraction of sp³-hybridized carbons (Fsp3) is 0.734. The Hall–Kier alpha value is -2.76. The molecule has 0 aromatic carbocycles. The van der Waals surface area contributed by atoms with Crippen LogP contribution in [0.4, 0.5) is 0 Å². The number of aromatic nitrogens is 5. The number of hydroxylamine groups is 3. The number of H-pyrrole nitrogens is 1. The number of carbonyl (C=O) groups excluding carboxylic acids is 7. The van der Waals surface area contributed by atoms with Gasteiger partial charge < -0.3 is 48.6 Å². The van der Waals surface area contributed by atoms with Gasteiger partial charge in [-0.15, -0.1) is 12.2 Å². The van der Waals surface area contributed by atoms with Gasteiger partial charge in [0, 0.05) is 190 Å². The molecule has 5 saturated carbocycles. The zero-order valence-electron chi connectivity index (χ0n) is 120. The molecule has 115 heavy (non-hydrogen) atoms. The number of carboxylic acids is 1. The summed E-state index contributed by atoms with van der Waals surface area (Å²) in [5.74, 6) is -20.8. The van der Waals surface area contributed by atoms with Gasteiger partial charge in [0.2, 0.25) is 5.91 Å². The molecule has 5 aliphatic rings. The van der Waals surface area contributed by atoms with Crippen LogP contribution in [0.25, 0.3) is 22.3 Å². The number of halogens is 2.